The Morgan fingerprint density at radius 2 is 1.81 bits per heavy atom. The van der Waals surface area contributed by atoms with Gasteiger partial charge in [-0.1, -0.05) is 47.6 Å². The average molecular weight is 279 g/mol. The summed E-state index contributed by atoms with van der Waals surface area (Å²) in [6.45, 7) is 1.99. The molecule has 0 saturated carbocycles. The van der Waals surface area contributed by atoms with Crippen molar-refractivity contribution in [1.29, 1.82) is 0 Å². The minimum atomic E-state index is 0.494. The van der Waals surface area contributed by atoms with Crippen LogP contribution in [0.1, 0.15) is 17.0 Å². The zero-order valence-electron chi connectivity index (χ0n) is 11.9. The van der Waals surface area contributed by atoms with Crippen LogP contribution in [0.2, 0.25) is 0 Å². The van der Waals surface area contributed by atoms with E-state index >= 15 is 0 Å². The zero-order chi connectivity index (χ0) is 14.7. The molecule has 0 unspecified atom stereocenters. The summed E-state index contributed by atoms with van der Waals surface area (Å²) >= 11 is 0. The van der Waals surface area contributed by atoms with Crippen LogP contribution in [0.3, 0.4) is 0 Å². The van der Waals surface area contributed by atoms with Crippen LogP contribution in [0.5, 0.6) is 0 Å². The minimum Gasteiger partial charge on any atom is -0.398 e. The lowest BCUT2D eigenvalue weighted by Gasteiger charge is -2.03. The second-order valence-corrected chi connectivity index (χ2v) is 5.04. The van der Waals surface area contributed by atoms with Gasteiger partial charge in [0.2, 0.25) is 0 Å². The Hall–Kier alpha value is -2.62. The second-order valence-electron chi connectivity index (χ2n) is 5.04. The van der Waals surface area contributed by atoms with Gasteiger partial charge in [0.15, 0.2) is 5.82 Å². The minimum absolute atomic E-state index is 0.494. The Labute approximate surface area is 123 Å². The van der Waals surface area contributed by atoms with Gasteiger partial charge in [-0.25, -0.2) is 0 Å². The summed E-state index contributed by atoms with van der Waals surface area (Å²) in [4.78, 5) is 4.46. The number of aryl methyl sites for hydroxylation is 3. The van der Waals surface area contributed by atoms with Crippen LogP contribution in [-0.2, 0) is 12.8 Å². The monoisotopic (exact) mass is 279 g/mol. The van der Waals surface area contributed by atoms with Gasteiger partial charge in [-0.15, -0.1) is 0 Å². The van der Waals surface area contributed by atoms with Gasteiger partial charge >= 0.3 is 0 Å². The Balaban J connectivity index is 1.78. The first-order chi connectivity index (χ1) is 10.2. The highest BCUT2D eigenvalue weighted by Gasteiger charge is 2.13. The van der Waals surface area contributed by atoms with Gasteiger partial charge in [0.25, 0.3) is 5.89 Å². The Bertz CT molecular complexity index is 715. The van der Waals surface area contributed by atoms with Crippen LogP contribution >= 0.6 is 0 Å². The molecule has 4 nitrogen and oxygen atoms in total. The van der Waals surface area contributed by atoms with E-state index in [9.17, 15) is 0 Å². The van der Waals surface area contributed by atoms with Crippen molar-refractivity contribution in [2.45, 2.75) is 19.8 Å². The molecular formula is C17H17N3O. The maximum Gasteiger partial charge on any atom is 0.260 e. The summed E-state index contributed by atoms with van der Waals surface area (Å²) in [6.07, 6.45) is 1.64. The fourth-order valence-corrected chi connectivity index (χ4v) is 2.34. The van der Waals surface area contributed by atoms with Gasteiger partial charge in [-0.3, -0.25) is 0 Å². The van der Waals surface area contributed by atoms with Crippen LogP contribution in [0.25, 0.3) is 11.5 Å². The molecule has 0 spiro atoms. The molecule has 1 heterocycles. The molecule has 0 saturated heterocycles. The van der Waals surface area contributed by atoms with E-state index in [-0.39, 0.29) is 0 Å². The summed E-state index contributed by atoms with van der Waals surface area (Å²) in [6, 6.07) is 16.0. The number of anilines is 1. The van der Waals surface area contributed by atoms with Crippen molar-refractivity contribution in [3.8, 4) is 11.5 Å². The van der Waals surface area contributed by atoms with E-state index in [0.717, 1.165) is 24.0 Å². The number of hydrogen-bond acceptors (Lipinski definition) is 4. The van der Waals surface area contributed by atoms with E-state index in [0.29, 0.717) is 17.4 Å². The Morgan fingerprint density at radius 3 is 2.57 bits per heavy atom. The van der Waals surface area contributed by atoms with E-state index in [1.807, 2.05) is 43.3 Å². The lowest BCUT2D eigenvalue weighted by molar-refractivity contribution is 0.422. The summed E-state index contributed by atoms with van der Waals surface area (Å²) in [5.41, 5.74) is 9.79. The van der Waals surface area contributed by atoms with Crippen molar-refractivity contribution in [3.63, 3.8) is 0 Å². The number of nitrogens with two attached hydrogens (primary N) is 1. The van der Waals surface area contributed by atoms with Crippen molar-refractivity contribution in [1.82, 2.24) is 10.1 Å². The largest absolute Gasteiger partial charge is 0.398 e. The van der Waals surface area contributed by atoms with E-state index in [1.54, 1.807) is 0 Å². The summed E-state index contributed by atoms with van der Waals surface area (Å²) < 4.78 is 5.36. The van der Waals surface area contributed by atoms with Crippen LogP contribution in [0, 0.1) is 6.92 Å². The van der Waals surface area contributed by atoms with E-state index in [2.05, 4.69) is 22.3 Å². The number of nitrogens with zero attached hydrogens (tertiary/aromatic N) is 2. The quantitative estimate of drug-likeness (QED) is 0.743. The molecular weight excluding hydrogens is 262 g/mol. The van der Waals surface area contributed by atoms with E-state index in [1.165, 1.54) is 5.56 Å². The highest BCUT2D eigenvalue weighted by molar-refractivity contribution is 5.73. The van der Waals surface area contributed by atoms with Crippen molar-refractivity contribution >= 4 is 5.69 Å². The molecule has 4 heteroatoms. The van der Waals surface area contributed by atoms with Gasteiger partial charge in [0, 0.05) is 12.1 Å². The first-order valence-corrected chi connectivity index (χ1v) is 6.96. The fourth-order valence-electron chi connectivity index (χ4n) is 2.34. The van der Waals surface area contributed by atoms with Crippen LogP contribution < -0.4 is 5.73 Å². The standard InChI is InChI=1S/C17H17N3O/c1-12-6-5-9-14(18)16(12)17-19-15(20-21-17)11-10-13-7-3-2-4-8-13/h2-9H,10-11,18H2,1H3. The number of benzene rings is 2. The van der Waals surface area contributed by atoms with E-state index < -0.39 is 0 Å². The number of rotatable bonds is 4. The SMILES string of the molecule is Cc1cccc(N)c1-c1nc(CCc2ccccc2)no1. The molecule has 3 aromatic rings. The number of hydrogen-bond donors (Lipinski definition) is 1. The molecule has 0 aliphatic heterocycles. The normalized spacial score (nSPS) is 10.7. The predicted octanol–water partition coefficient (Wildman–Crippen LogP) is 3.41. The smallest absolute Gasteiger partial charge is 0.260 e. The molecule has 3 rings (SSSR count). The molecule has 0 radical (unpaired) electrons. The van der Waals surface area contributed by atoms with Crippen molar-refractivity contribution in [3.05, 3.63) is 65.5 Å². The molecule has 21 heavy (non-hydrogen) atoms. The highest BCUT2D eigenvalue weighted by atomic mass is 16.5. The van der Waals surface area contributed by atoms with E-state index in [4.69, 9.17) is 10.3 Å². The zero-order valence-corrected chi connectivity index (χ0v) is 11.9. The second kappa shape index (κ2) is 5.79. The lowest BCUT2D eigenvalue weighted by Crippen LogP contribution is -1.95. The van der Waals surface area contributed by atoms with Gasteiger partial charge in [-0.05, 0) is 30.5 Å². The van der Waals surface area contributed by atoms with Gasteiger partial charge in [0.1, 0.15) is 0 Å². The van der Waals surface area contributed by atoms with Crippen molar-refractivity contribution < 1.29 is 4.52 Å². The Kier molecular flexibility index (Phi) is 3.69. The maximum atomic E-state index is 6.00. The van der Waals surface area contributed by atoms with Crippen molar-refractivity contribution in [2.24, 2.45) is 0 Å². The molecule has 2 aromatic carbocycles. The van der Waals surface area contributed by atoms with Gasteiger partial charge in [-0.2, -0.15) is 4.98 Å². The van der Waals surface area contributed by atoms with Crippen molar-refractivity contribution in [2.75, 3.05) is 5.73 Å². The average Bonchev–Trinajstić information content (AvgIpc) is 2.95. The Morgan fingerprint density at radius 1 is 1.00 bits per heavy atom. The third kappa shape index (κ3) is 2.94. The first kappa shape index (κ1) is 13.4. The van der Waals surface area contributed by atoms with Crippen LogP contribution in [0.15, 0.2) is 53.1 Å². The fraction of sp³-hybridized carbons (Fsp3) is 0.176. The maximum absolute atomic E-state index is 6.00. The highest BCUT2D eigenvalue weighted by Crippen LogP contribution is 2.27. The third-order valence-electron chi connectivity index (χ3n) is 3.47. The molecule has 0 aliphatic carbocycles. The van der Waals surface area contributed by atoms with Gasteiger partial charge in [0.05, 0.1) is 5.56 Å². The molecule has 106 valence electrons. The number of aromatic nitrogens is 2. The predicted molar refractivity (Wildman–Crippen MR) is 82.7 cm³/mol. The molecule has 0 aliphatic rings. The molecule has 2 N–H and O–H groups in total. The summed E-state index contributed by atoms with van der Waals surface area (Å²) in [5, 5.41) is 4.05. The molecule has 1 aromatic heterocycles. The van der Waals surface area contributed by atoms with Crippen LogP contribution in [-0.4, -0.2) is 10.1 Å². The lowest BCUT2D eigenvalue weighted by atomic mass is 10.1. The molecule has 0 atom stereocenters. The summed E-state index contributed by atoms with van der Waals surface area (Å²) in [5.74, 6) is 1.20. The van der Waals surface area contributed by atoms with Gasteiger partial charge < -0.3 is 10.3 Å². The summed E-state index contributed by atoms with van der Waals surface area (Å²) in [7, 11) is 0. The first-order valence-electron chi connectivity index (χ1n) is 6.96. The number of nitrogen functional groups attached to an aromatic ring is 1. The molecule has 0 fully saturated rings. The molecule has 0 amide bonds. The topological polar surface area (TPSA) is 64.9 Å². The van der Waals surface area contributed by atoms with Crippen LogP contribution in [0.4, 0.5) is 5.69 Å². The molecule has 0 bridgehead atoms. The third-order valence-corrected chi connectivity index (χ3v) is 3.47.